The lowest BCUT2D eigenvalue weighted by atomic mass is 10.0. The number of aryl methyl sites for hydroxylation is 1. The van der Waals surface area contributed by atoms with Crippen molar-refractivity contribution in [2.45, 2.75) is 19.9 Å². The van der Waals surface area contributed by atoms with Gasteiger partial charge in [0.2, 0.25) is 5.91 Å². The second kappa shape index (κ2) is 7.52. The summed E-state index contributed by atoms with van der Waals surface area (Å²) in [5, 5.41) is 6.24. The minimum absolute atomic E-state index is 0.0659. The summed E-state index contributed by atoms with van der Waals surface area (Å²) in [6, 6.07) is 20.1. The number of benzene rings is 3. The van der Waals surface area contributed by atoms with E-state index in [1.165, 1.54) is 0 Å². The van der Waals surface area contributed by atoms with E-state index in [4.69, 9.17) is 4.42 Å². The maximum absolute atomic E-state index is 12.7. The third-order valence-corrected chi connectivity index (χ3v) is 5.41. The Bertz CT molecular complexity index is 1350. The summed E-state index contributed by atoms with van der Waals surface area (Å²) in [7, 11) is 0. The number of carbonyl (C=O) groups is 1. The Morgan fingerprint density at radius 1 is 1.07 bits per heavy atom. The van der Waals surface area contributed by atoms with Crippen LogP contribution in [0.2, 0.25) is 0 Å². The number of carbonyl (C=O) groups excluding carboxylic acids is 1. The molecule has 0 saturated heterocycles. The number of imidazole rings is 1. The van der Waals surface area contributed by atoms with E-state index < -0.39 is 0 Å². The predicted octanol–water partition coefficient (Wildman–Crippen LogP) is 5.32. The van der Waals surface area contributed by atoms with Gasteiger partial charge < -0.3 is 14.3 Å². The van der Waals surface area contributed by atoms with E-state index in [1.807, 2.05) is 61.7 Å². The van der Waals surface area contributed by atoms with Gasteiger partial charge in [0.15, 0.2) is 0 Å². The molecule has 5 heteroatoms. The Balaban J connectivity index is 1.32. The number of anilines is 1. The molecule has 0 aliphatic carbocycles. The molecule has 0 radical (unpaired) electrons. The Kier molecular flexibility index (Phi) is 4.56. The van der Waals surface area contributed by atoms with Gasteiger partial charge in [-0.15, -0.1) is 0 Å². The average molecular weight is 395 g/mol. The first-order valence-electron chi connectivity index (χ1n) is 9.92. The van der Waals surface area contributed by atoms with Crippen LogP contribution in [0.1, 0.15) is 17.0 Å². The van der Waals surface area contributed by atoms with Gasteiger partial charge in [-0.3, -0.25) is 4.79 Å². The van der Waals surface area contributed by atoms with E-state index in [2.05, 4.69) is 27.0 Å². The lowest BCUT2D eigenvalue weighted by Crippen LogP contribution is -2.14. The first-order chi connectivity index (χ1) is 14.7. The molecular formula is C25H21N3O2. The molecule has 5 rings (SSSR count). The lowest BCUT2D eigenvalue weighted by molar-refractivity contribution is -0.115. The number of rotatable bonds is 5. The van der Waals surface area contributed by atoms with Crippen LogP contribution in [0.3, 0.4) is 0 Å². The van der Waals surface area contributed by atoms with Crippen molar-refractivity contribution in [1.82, 2.24) is 9.55 Å². The highest BCUT2D eigenvalue weighted by Crippen LogP contribution is 2.30. The normalized spacial score (nSPS) is 11.2. The van der Waals surface area contributed by atoms with E-state index in [0.717, 1.165) is 50.9 Å². The second-order valence-corrected chi connectivity index (χ2v) is 7.45. The molecule has 2 aromatic heterocycles. The largest absolute Gasteiger partial charge is 0.464 e. The molecule has 0 aliphatic heterocycles. The van der Waals surface area contributed by atoms with Crippen LogP contribution in [0.4, 0.5) is 5.69 Å². The molecule has 5 nitrogen and oxygen atoms in total. The van der Waals surface area contributed by atoms with Gasteiger partial charge in [0, 0.05) is 35.6 Å². The number of hydrogen-bond acceptors (Lipinski definition) is 3. The van der Waals surface area contributed by atoms with Crippen molar-refractivity contribution < 1.29 is 9.21 Å². The minimum atomic E-state index is -0.0659. The summed E-state index contributed by atoms with van der Waals surface area (Å²) < 4.78 is 7.78. The van der Waals surface area contributed by atoms with Crippen molar-refractivity contribution in [2.24, 2.45) is 0 Å². The molecule has 0 unspecified atom stereocenters. The first kappa shape index (κ1) is 18.2. The smallest absolute Gasteiger partial charge is 0.228 e. The van der Waals surface area contributed by atoms with Crippen LogP contribution in [-0.2, 0) is 17.8 Å². The Hall–Kier alpha value is -3.86. The molecule has 5 aromatic rings. The zero-order valence-electron chi connectivity index (χ0n) is 16.6. The molecule has 0 aliphatic rings. The molecule has 2 heterocycles. The first-order valence-corrected chi connectivity index (χ1v) is 9.92. The predicted molar refractivity (Wildman–Crippen MR) is 119 cm³/mol. The number of furan rings is 1. The van der Waals surface area contributed by atoms with Gasteiger partial charge in [0.05, 0.1) is 12.7 Å². The molecular weight excluding hydrogens is 374 g/mol. The third-order valence-electron chi connectivity index (χ3n) is 5.41. The molecule has 0 bridgehead atoms. The number of fused-ring (bicyclic) bond motifs is 3. The number of amides is 1. The molecule has 1 amide bonds. The van der Waals surface area contributed by atoms with Crippen LogP contribution in [0.5, 0.6) is 0 Å². The highest BCUT2D eigenvalue weighted by atomic mass is 16.3. The zero-order valence-corrected chi connectivity index (χ0v) is 16.6. The fourth-order valence-electron chi connectivity index (χ4n) is 3.84. The van der Waals surface area contributed by atoms with Crippen molar-refractivity contribution in [3.8, 4) is 0 Å². The topological polar surface area (TPSA) is 60.1 Å². The Labute approximate surface area is 174 Å². The molecule has 0 fully saturated rings. The van der Waals surface area contributed by atoms with Gasteiger partial charge in [-0.25, -0.2) is 4.98 Å². The number of nitrogens with zero attached hydrogens (tertiary/aromatic N) is 2. The van der Waals surface area contributed by atoms with Gasteiger partial charge in [-0.05, 0) is 41.5 Å². The maximum atomic E-state index is 12.7. The van der Waals surface area contributed by atoms with Gasteiger partial charge >= 0.3 is 0 Å². The third kappa shape index (κ3) is 3.46. The van der Waals surface area contributed by atoms with Crippen LogP contribution in [0.25, 0.3) is 21.7 Å². The molecule has 0 saturated carbocycles. The molecule has 0 spiro atoms. The summed E-state index contributed by atoms with van der Waals surface area (Å²) >= 11 is 0. The average Bonchev–Trinajstić information content (AvgIpc) is 3.36. The van der Waals surface area contributed by atoms with Gasteiger partial charge in [0.25, 0.3) is 0 Å². The van der Waals surface area contributed by atoms with Gasteiger partial charge in [0.1, 0.15) is 11.4 Å². The van der Waals surface area contributed by atoms with Crippen LogP contribution in [0, 0.1) is 6.92 Å². The maximum Gasteiger partial charge on any atom is 0.228 e. The summed E-state index contributed by atoms with van der Waals surface area (Å²) in [5.74, 6) is 0.913. The van der Waals surface area contributed by atoms with Crippen molar-refractivity contribution in [3.63, 3.8) is 0 Å². The summed E-state index contributed by atoms with van der Waals surface area (Å²) in [6.07, 6.45) is 5.71. The number of nitrogens with one attached hydrogen (secondary N) is 1. The van der Waals surface area contributed by atoms with E-state index in [1.54, 1.807) is 12.5 Å². The van der Waals surface area contributed by atoms with Crippen LogP contribution < -0.4 is 5.32 Å². The van der Waals surface area contributed by atoms with Gasteiger partial charge in [-0.2, -0.15) is 0 Å². The summed E-state index contributed by atoms with van der Waals surface area (Å²) in [5.41, 5.74) is 3.63. The molecule has 30 heavy (non-hydrogen) atoms. The van der Waals surface area contributed by atoms with Crippen LogP contribution in [0.15, 0.2) is 83.7 Å². The summed E-state index contributed by atoms with van der Waals surface area (Å²) in [6.45, 7) is 2.74. The highest BCUT2D eigenvalue weighted by Gasteiger charge is 2.13. The molecule has 0 atom stereocenters. The minimum Gasteiger partial charge on any atom is -0.464 e. The van der Waals surface area contributed by atoms with E-state index in [-0.39, 0.29) is 12.3 Å². The van der Waals surface area contributed by atoms with Crippen molar-refractivity contribution in [1.29, 1.82) is 0 Å². The molecule has 3 aromatic carbocycles. The molecule has 148 valence electrons. The van der Waals surface area contributed by atoms with Crippen LogP contribution in [-0.4, -0.2) is 15.5 Å². The Morgan fingerprint density at radius 2 is 1.90 bits per heavy atom. The van der Waals surface area contributed by atoms with E-state index >= 15 is 0 Å². The number of aromatic nitrogens is 2. The fraction of sp³-hybridized carbons (Fsp3) is 0.120. The quantitative estimate of drug-likeness (QED) is 0.438. The van der Waals surface area contributed by atoms with Crippen molar-refractivity contribution in [3.05, 3.63) is 96.3 Å². The lowest BCUT2D eigenvalue weighted by Gasteiger charge is -2.08. The highest BCUT2D eigenvalue weighted by molar-refractivity contribution is 6.09. The van der Waals surface area contributed by atoms with Gasteiger partial charge in [-0.1, -0.05) is 42.5 Å². The Morgan fingerprint density at radius 3 is 2.70 bits per heavy atom. The number of hydrogen-bond donors (Lipinski definition) is 1. The van der Waals surface area contributed by atoms with Crippen molar-refractivity contribution in [2.75, 3.05) is 5.32 Å². The SMILES string of the molecule is Cc1nccn1Cc1ccc(NC(=O)Cc2coc3ccc4ccccc4c23)cc1. The monoisotopic (exact) mass is 395 g/mol. The van der Waals surface area contributed by atoms with Crippen molar-refractivity contribution >= 4 is 33.3 Å². The zero-order chi connectivity index (χ0) is 20.5. The fourth-order valence-corrected chi connectivity index (χ4v) is 3.84. The second-order valence-electron chi connectivity index (χ2n) is 7.45. The molecule has 1 N–H and O–H groups in total. The standard InChI is InChI=1S/C25H21N3O2/c1-17-26-12-13-28(17)15-18-6-9-21(10-7-18)27-24(29)14-20-16-30-23-11-8-19-4-2-3-5-22(19)25(20)23/h2-13,16H,14-15H2,1H3,(H,27,29). The van der Waals surface area contributed by atoms with E-state index in [9.17, 15) is 4.79 Å². The summed E-state index contributed by atoms with van der Waals surface area (Å²) in [4.78, 5) is 16.9. The van der Waals surface area contributed by atoms with E-state index in [0.29, 0.717) is 0 Å². The van der Waals surface area contributed by atoms with Crippen LogP contribution >= 0.6 is 0 Å².